The predicted molar refractivity (Wildman–Crippen MR) is 286 cm³/mol. The Morgan fingerprint density at radius 2 is 0.470 bits per heavy atom. The van der Waals surface area contributed by atoms with Crippen LogP contribution in [0.5, 0.6) is 0 Å². The Bertz CT molecular complexity index is 2180. The molecule has 4 nitrogen and oxygen atoms in total. The Labute approximate surface area is 413 Å². The summed E-state index contributed by atoms with van der Waals surface area (Å²) >= 11 is 0. The first kappa shape index (κ1) is 51.3. The van der Waals surface area contributed by atoms with Crippen LogP contribution in [0.15, 0.2) is 255 Å². The second-order valence-corrected chi connectivity index (χ2v) is 21.7. The Balaban J connectivity index is 0.000000339. The fourth-order valence-corrected chi connectivity index (χ4v) is 14.2. The Morgan fingerprint density at radius 1 is 0.288 bits per heavy atom. The number of hydrogen-bond donors (Lipinski definition) is 0. The maximum atomic E-state index is 8.00. The maximum Gasteiger partial charge on any atom is 3.00 e. The summed E-state index contributed by atoms with van der Waals surface area (Å²) in [7, 11) is -0.944. The summed E-state index contributed by atoms with van der Waals surface area (Å²) in [6, 6.07) is 83.5. The second kappa shape index (κ2) is 30.5. The van der Waals surface area contributed by atoms with Crippen LogP contribution >= 0.6 is 23.8 Å². The summed E-state index contributed by atoms with van der Waals surface area (Å²) in [5, 5.41) is 8.64. The van der Waals surface area contributed by atoms with Gasteiger partial charge in [0.05, 0.1) is 0 Å². The van der Waals surface area contributed by atoms with Gasteiger partial charge < -0.3 is 9.07 Å². The first-order chi connectivity index (χ1) is 32.3. The van der Waals surface area contributed by atoms with E-state index in [1.54, 1.807) is 0 Å². The van der Waals surface area contributed by atoms with Crippen molar-refractivity contribution in [3.63, 3.8) is 0 Å². The van der Waals surface area contributed by atoms with Crippen molar-refractivity contribution >= 4 is 62.4 Å². The molecule has 0 atom stereocenters. The molecule has 0 bridgehead atoms. The molecule has 336 valence electrons. The number of rotatable bonds is 15. The molecule has 0 aliphatic carbocycles. The molecule has 0 aliphatic rings. The molecule has 0 spiro atoms. The molecule has 9 aromatic rings. The van der Waals surface area contributed by atoms with E-state index in [-0.39, 0.29) is 47.5 Å². The summed E-state index contributed by atoms with van der Waals surface area (Å²) in [6.07, 6.45) is 12.1. The van der Waals surface area contributed by atoms with Gasteiger partial charge in [0.2, 0.25) is 0 Å². The van der Waals surface area contributed by atoms with Crippen LogP contribution in [-0.4, -0.2) is 40.2 Å². The van der Waals surface area contributed by atoms with Crippen molar-refractivity contribution < 1.29 is 28.6 Å². The van der Waals surface area contributed by atoms with Crippen LogP contribution in [0, 0.1) is 0 Å². The average molecular weight is 1010 g/mol. The molecule has 3 heterocycles. The SMILES string of the molecule is C=O.[H-].[H-].[H-].[Rh+3].c1ccc(P(CCc2ccccn2)c2ccccc2)cc1.c1ccc(P(CCc2ccccn2)c2ccccc2)cc1.c1ccc(P(CCc2ccccn2)c2ccccc2)cc1. The molecule has 9 rings (SSSR count). The first-order valence-electron chi connectivity index (χ1n) is 21.9. The van der Waals surface area contributed by atoms with Crippen LogP contribution in [0.3, 0.4) is 0 Å². The van der Waals surface area contributed by atoms with Gasteiger partial charge >= 0.3 is 19.5 Å². The van der Waals surface area contributed by atoms with Gasteiger partial charge in [0.15, 0.2) is 0 Å². The molecule has 8 heteroatoms. The molecule has 0 amide bonds. The molecule has 0 unspecified atom stereocenters. The summed E-state index contributed by atoms with van der Waals surface area (Å²) in [6.45, 7) is 2.00. The zero-order chi connectivity index (χ0) is 45.0. The van der Waals surface area contributed by atoms with Gasteiger partial charge in [-0.3, -0.25) is 15.0 Å². The van der Waals surface area contributed by atoms with Crippen LogP contribution in [0.4, 0.5) is 0 Å². The fourth-order valence-electron chi connectivity index (χ4n) is 7.19. The van der Waals surface area contributed by atoms with E-state index in [4.69, 9.17) is 4.79 Å². The van der Waals surface area contributed by atoms with E-state index in [0.29, 0.717) is 0 Å². The standard InChI is InChI=1S/3C19H18NP.CH2O.Rh.3H/c3*1-3-10-18(11-4-1)21(19-12-5-2-6-13-19)16-14-17-9-7-8-15-20-17;1-2;;;;/h3*1-13,15H,14,16H2;1H2;;;;/q;;;;+3;3*-1. The third kappa shape index (κ3) is 17.3. The molecule has 0 radical (unpaired) electrons. The number of carbonyl (C=O) groups excluding carboxylic acids is 1. The number of carbonyl (C=O) groups is 1. The first-order valence-corrected chi connectivity index (χ1v) is 26.5. The molecule has 66 heavy (non-hydrogen) atoms. The largest absolute Gasteiger partial charge is 3.00 e. The molecular formula is C58H59N3OP3Rh. The van der Waals surface area contributed by atoms with Crippen LogP contribution in [0.2, 0.25) is 0 Å². The van der Waals surface area contributed by atoms with Crippen LogP contribution in [0.25, 0.3) is 0 Å². The minimum Gasteiger partial charge on any atom is -1.00 e. The van der Waals surface area contributed by atoms with Crippen molar-refractivity contribution in [2.24, 2.45) is 0 Å². The van der Waals surface area contributed by atoms with Crippen molar-refractivity contribution in [3.8, 4) is 0 Å². The van der Waals surface area contributed by atoms with E-state index in [1.807, 2.05) is 43.6 Å². The van der Waals surface area contributed by atoms with Gasteiger partial charge in [-0.1, -0.05) is 200 Å². The molecule has 0 fully saturated rings. The van der Waals surface area contributed by atoms with Crippen molar-refractivity contribution in [3.05, 3.63) is 272 Å². The van der Waals surface area contributed by atoms with Crippen LogP contribution in [-0.2, 0) is 43.5 Å². The molecule has 0 saturated carbocycles. The smallest absolute Gasteiger partial charge is 1.00 e. The molecule has 0 saturated heterocycles. The Kier molecular flexibility index (Phi) is 23.8. The van der Waals surface area contributed by atoms with Crippen molar-refractivity contribution in [2.75, 3.05) is 18.5 Å². The Morgan fingerprint density at radius 3 is 0.636 bits per heavy atom. The van der Waals surface area contributed by atoms with E-state index in [9.17, 15) is 0 Å². The quantitative estimate of drug-likeness (QED) is 0.0758. The zero-order valence-electron chi connectivity index (χ0n) is 40.1. The van der Waals surface area contributed by atoms with Gasteiger partial charge in [-0.05, 0) is 130 Å². The molecule has 0 aliphatic heterocycles. The predicted octanol–water partition coefficient (Wildman–Crippen LogP) is 11.4. The number of benzene rings is 6. The third-order valence-electron chi connectivity index (χ3n) is 10.4. The van der Waals surface area contributed by atoms with Gasteiger partial charge in [-0.2, -0.15) is 0 Å². The van der Waals surface area contributed by atoms with Gasteiger partial charge in [0, 0.05) is 35.7 Å². The number of nitrogens with zero attached hydrogens (tertiary/aromatic N) is 3. The fraction of sp³-hybridized carbons (Fsp3) is 0.103. The minimum atomic E-state index is -0.315. The van der Waals surface area contributed by atoms with Crippen molar-refractivity contribution in [1.29, 1.82) is 0 Å². The molecule has 6 aromatic carbocycles. The van der Waals surface area contributed by atoms with Crippen LogP contribution in [0.1, 0.15) is 21.4 Å². The zero-order valence-corrected chi connectivity index (χ0v) is 41.4. The summed E-state index contributed by atoms with van der Waals surface area (Å²) < 4.78 is 0. The van der Waals surface area contributed by atoms with E-state index in [1.165, 1.54) is 48.9 Å². The van der Waals surface area contributed by atoms with E-state index in [2.05, 4.69) is 233 Å². The molecule has 0 N–H and O–H groups in total. The van der Waals surface area contributed by atoms with Gasteiger partial charge in [0.25, 0.3) is 0 Å². The van der Waals surface area contributed by atoms with Crippen molar-refractivity contribution in [1.82, 2.24) is 15.0 Å². The number of aryl methyl sites for hydroxylation is 3. The summed E-state index contributed by atoms with van der Waals surface area (Å²) in [5.74, 6) is 0. The second-order valence-electron chi connectivity index (χ2n) is 14.7. The number of pyridine rings is 3. The average Bonchev–Trinajstić information content (AvgIpc) is 3.40. The summed E-state index contributed by atoms with van der Waals surface area (Å²) in [4.78, 5) is 21.3. The van der Waals surface area contributed by atoms with Gasteiger partial charge in [-0.15, -0.1) is 0 Å². The van der Waals surface area contributed by atoms with E-state index < -0.39 is 0 Å². The molecule has 3 aromatic heterocycles. The maximum absolute atomic E-state index is 8.00. The van der Waals surface area contributed by atoms with Crippen LogP contribution < -0.4 is 31.8 Å². The normalized spacial score (nSPS) is 10.3. The monoisotopic (exact) mass is 1010 g/mol. The van der Waals surface area contributed by atoms with Crippen molar-refractivity contribution in [2.45, 2.75) is 19.3 Å². The van der Waals surface area contributed by atoms with Gasteiger partial charge in [-0.25, -0.2) is 0 Å². The number of aromatic nitrogens is 3. The summed E-state index contributed by atoms with van der Waals surface area (Å²) in [5.41, 5.74) is 3.53. The van der Waals surface area contributed by atoms with E-state index >= 15 is 0 Å². The number of hydrogen-bond acceptors (Lipinski definition) is 4. The van der Waals surface area contributed by atoms with E-state index in [0.717, 1.165) is 37.7 Å². The third-order valence-corrected chi connectivity index (χ3v) is 17.9. The molecular weight excluding hydrogens is 950 g/mol. The Hall–Kier alpha value is -5.65. The topological polar surface area (TPSA) is 55.7 Å². The minimum absolute atomic E-state index is 0. The van der Waals surface area contributed by atoms with Gasteiger partial charge in [0.1, 0.15) is 6.79 Å².